The average molecular weight is 361 g/mol. The Kier molecular flexibility index (Phi) is 4.07. The summed E-state index contributed by atoms with van der Waals surface area (Å²) in [7, 11) is 0. The number of nitrogens with zero attached hydrogens (tertiary/aromatic N) is 3. The first kappa shape index (κ1) is 16.4. The van der Waals surface area contributed by atoms with E-state index in [1.807, 2.05) is 59.6 Å². The number of aromatic nitrogens is 2. The number of pyridine rings is 1. The van der Waals surface area contributed by atoms with Gasteiger partial charge in [-0.1, -0.05) is 24.3 Å². The summed E-state index contributed by atoms with van der Waals surface area (Å²) < 4.78 is 8.18. The predicted octanol–water partition coefficient (Wildman–Crippen LogP) is 3.90. The van der Waals surface area contributed by atoms with Gasteiger partial charge in [0, 0.05) is 18.7 Å². The normalized spacial score (nSPS) is 20.0. The summed E-state index contributed by atoms with van der Waals surface area (Å²) in [6.07, 6.45) is 6.29. The molecule has 1 aromatic carbocycles. The van der Waals surface area contributed by atoms with E-state index < -0.39 is 0 Å². The van der Waals surface area contributed by atoms with Gasteiger partial charge >= 0.3 is 0 Å². The molecule has 5 rings (SSSR count). The Morgan fingerprint density at radius 3 is 2.67 bits per heavy atom. The van der Waals surface area contributed by atoms with E-state index in [1.54, 1.807) is 0 Å². The lowest BCUT2D eigenvalue weighted by Gasteiger charge is -2.32. The van der Waals surface area contributed by atoms with Gasteiger partial charge in [-0.05, 0) is 49.9 Å². The van der Waals surface area contributed by atoms with Crippen LogP contribution in [0.1, 0.15) is 47.9 Å². The first-order valence-corrected chi connectivity index (χ1v) is 9.77. The second-order valence-electron chi connectivity index (χ2n) is 7.50. The molecule has 1 aliphatic carbocycles. The van der Waals surface area contributed by atoms with Crippen LogP contribution in [-0.2, 0) is 0 Å². The Morgan fingerprint density at radius 2 is 1.85 bits per heavy atom. The van der Waals surface area contributed by atoms with Crippen molar-refractivity contribution < 1.29 is 9.53 Å². The first-order chi connectivity index (χ1) is 13.3. The lowest BCUT2D eigenvalue weighted by molar-refractivity contribution is 0.0535. The molecule has 3 aromatic rings. The Hall–Kier alpha value is -2.82. The first-order valence-electron chi connectivity index (χ1n) is 9.77. The van der Waals surface area contributed by atoms with Gasteiger partial charge in [0.15, 0.2) is 5.69 Å². The second-order valence-corrected chi connectivity index (χ2v) is 7.50. The van der Waals surface area contributed by atoms with Gasteiger partial charge in [-0.2, -0.15) is 0 Å². The molecule has 1 saturated carbocycles. The molecule has 1 atom stereocenters. The number of carbonyl (C=O) groups is 1. The molecule has 1 saturated heterocycles. The summed E-state index contributed by atoms with van der Waals surface area (Å²) in [5.41, 5.74) is 1.49. The number of carbonyl (C=O) groups excluding carboxylic acids is 1. The highest BCUT2D eigenvalue weighted by atomic mass is 16.5. The monoisotopic (exact) mass is 361 g/mol. The van der Waals surface area contributed by atoms with E-state index in [9.17, 15) is 4.79 Å². The quantitative estimate of drug-likeness (QED) is 0.708. The molecule has 1 amide bonds. The zero-order valence-corrected chi connectivity index (χ0v) is 15.3. The minimum Gasteiger partial charge on any atom is -0.489 e. The molecule has 5 heteroatoms. The lowest BCUT2D eigenvalue weighted by Crippen LogP contribution is -2.44. The highest BCUT2D eigenvalue weighted by Gasteiger charge is 2.33. The minimum atomic E-state index is 0.0203. The SMILES string of the molecule is O=C(c1nc(C2CC2)n2ccccc12)N1CCCC(Oc2ccccc2)C1. The number of hydrogen-bond donors (Lipinski definition) is 0. The minimum absolute atomic E-state index is 0.0203. The third-order valence-electron chi connectivity index (χ3n) is 5.43. The van der Waals surface area contributed by atoms with Gasteiger partial charge < -0.3 is 14.0 Å². The van der Waals surface area contributed by atoms with Gasteiger partial charge in [-0.25, -0.2) is 4.98 Å². The molecule has 5 nitrogen and oxygen atoms in total. The molecule has 1 aliphatic heterocycles. The van der Waals surface area contributed by atoms with Gasteiger partial charge in [-0.3, -0.25) is 4.79 Å². The van der Waals surface area contributed by atoms with Gasteiger partial charge in [0.05, 0.1) is 12.1 Å². The average Bonchev–Trinajstić information content (AvgIpc) is 3.49. The van der Waals surface area contributed by atoms with Gasteiger partial charge in [0.2, 0.25) is 0 Å². The van der Waals surface area contributed by atoms with E-state index in [2.05, 4.69) is 4.40 Å². The molecule has 0 N–H and O–H groups in total. The maximum Gasteiger partial charge on any atom is 0.274 e. The van der Waals surface area contributed by atoms with Crippen molar-refractivity contribution in [3.63, 3.8) is 0 Å². The van der Waals surface area contributed by atoms with Crippen molar-refractivity contribution in [2.24, 2.45) is 0 Å². The predicted molar refractivity (Wildman–Crippen MR) is 103 cm³/mol. The van der Waals surface area contributed by atoms with Crippen molar-refractivity contribution in [3.8, 4) is 5.75 Å². The number of para-hydroxylation sites is 1. The summed E-state index contributed by atoms with van der Waals surface area (Å²) in [4.78, 5) is 19.9. The number of likely N-dealkylation sites (tertiary alicyclic amines) is 1. The highest BCUT2D eigenvalue weighted by Crippen LogP contribution is 2.40. The Bertz CT molecular complexity index is 962. The van der Waals surface area contributed by atoms with Crippen LogP contribution in [0.4, 0.5) is 0 Å². The van der Waals surface area contributed by atoms with E-state index in [0.29, 0.717) is 18.2 Å². The maximum atomic E-state index is 13.3. The van der Waals surface area contributed by atoms with Gasteiger partial charge in [0.25, 0.3) is 5.91 Å². The topological polar surface area (TPSA) is 46.8 Å². The fourth-order valence-corrected chi connectivity index (χ4v) is 3.91. The molecule has 0 spiro atoms. The molecular formula is C22H23N3O2. The summed E-state index contributed by atoms with van der Waals surface area (Å²) >= 11 is 0. The molecule has 3 heterocycles. The molecular weight excluding hydrogens is 338 g/mol. The summed E-state index contributed by atoms with van der Waals surface area (Å²) in [6.45, 7) is 1.37. The van der Waals surface area contributed by atoms with Gasteiger partial charge in [0.1, 0.15) is 17.7 Å². The Labute approximate surface area is 158 Å². The molecule has 2 aliphatic rings. The van der Waals surface area contributed by atoms with Crippen LogP contribution in [0.5, 0.6) is 5.75 Å². The van der Waals surface area contributed by atoms with Crippen molar-refractivity contribution >= 4 is 11.4 Å². The smallest absolute Gasteiger partial charge is 0.274 e. The standard InChI is InChI=1S/C22H23N3O2/c26-22(20-19-10-4-5-14-25(19)21(23-20)16-11-12-16)24-13-6-9-18(15-24)27-17-7-2-1-3-8-17/h1-5,7-8,10,14,16,18H,6,9,11-13,15H2. The number of hydrogen-bond acceptors (Lipinski definition) is 3. The van der Waals surface area contributed by atoms with E-state index >= 15 is 0 Å². The molecule has 138 valence electrons. The molecule has 0 bridgehead atoms. The Morgan fingerprint density at radius 1 is 1.04 bits per heavy atom. The second kappa shape index (κ2) is 6.72. The van der Waals surface area contributed by atoms with Crippen LogP contribution in [0.25, 0.3) is 5.52 Å². The molecule has 0 radical (unpaired) electrons. The van der Waals surface area contributed by atoms with Crippen LogP contribution >= 0.6 is 0 Å². The fourth-order valence-electron chi connectivity index (χ4n) is 3.91. The maximum absolute atomic E-state index is 13.3. The summed E-state index contributed by atoms with van der Waals surface area (Å²) in [5.74, 6) is 2.41. The highest BCUT2D eigenvalue weighted by molar-refractivity contribution is 5.99. The third kappa shape index (κ3) is 3.18. The number of ether oxygens (including phenoxy) is 1. The number of piperidine rings is 1. The van der Waals surface area contributed by atoms with Crippen molar-refractivity contribution in [1.82, 2.24) is 14.3 Å². The zero-order valence-electron chi connectivity index (χ0n) is 15.3. The van der Waals surface area contributed by atoms with E-state index in [0.717, 1.165) is 36.5 Å². The van der Waals surface area contributed by atoms with Gasteiger partial charge in [-0.15, -0.1) is 0 Å². The summed E-state index contributed by atoms with van der Waals surface area (Å²) in [6, 6.07) is 15.8. The fraction of sp³-hybridized carbons (Fsp3) is 0.364. The van der Waals surface area contributed by atoms with Crippen molar-refractivity contribution in [2.45, 2.75) is 37.7 Å². The third-order valence-corrected chi connectivity index (χ3v) is 5.43. The largest absolute Gasteiger partial charge is 0.489 e. The van der Waals surface area contributed by atoms with Crippen LogP contribution in [0.2, 0.25) is 0 Å². The Balaban J connectivity index is 1.38. The molecule has 1 unspecified atom stereocenters. The zero-order chi connectivity index (χ0) is 18.2. The molecule has 27 heavy (non-hydrogen) atoms. The number of amides is 1. The number of fused-ring (bicyclic) bond motifs is 1. The molecule has 2 aromatic heterocycles. The van der Waals surface area contributed by atoms with Crippen LogP contribution < -0.4 is 4.74 Å². The van der Waals surface area contributed by atoms with Crippen LogP contribution in [0, 0.1) is 0 Å². The van der Waals surface area contributed by atoms with E-state index in [1.165, 1.54) is 12.8 Å². The van der Waals surface area contributed by atoms with Crippen molar-refractivity contribution in [1.29, 1.82) is 0 Å². The van der Waals surface area contributed by atoms with Crippen molar-refractivity contribution in [2.75, 3.05) is 13.1 Å². The van der Waals surface area contributed by atoms with E-state index in [4.69, 9.17) is 9.72 Å². The van der Waals surface area contributed by atoms with Crippen molar-refractivity contribution in [3.05, 3.63) is 66.2 Å². The number of benzene rings is 1. The number of rotatable bonds is 4. The lowest BCUT2D eigenvalue weighted by atomic mass is 10.1. The molecule has 2 fully saturated rings. The summed E-state index contributed by atoms with van der Waals surface area (Å²) in [5, 5.41) is 0. The van der Waals surface area contributed by atoms with E-state index in [-0.39, 0.29) is 12.0 Å². The van der Waals surface area contributed by atoms with Crippen LogP contribution in [0.15, 0.2) is 54.7 Å². The van der Waals surface area contributed by atoms with Crippen LogP contribution in [-0.4, -0.2) is 39.4 Å². The number of imidazole rings is 1. The van der Waals surface area contributed by atoms with Crippen LogP contribution in [0.3, 0.4) is 0 Å².